The Kier molecular flexibility index (Phi) is 10.4. The van der Waals surface area contributed by atoms with E-state index in [9.17, 15) is 10.1 Å². The van der Waals surface area contributed by atoms with Gasteiger partial charge >= 0.3 is 0 Å². The Morgan fingerprint density at radius 1 is 1.50 bits per heavy atom. The monoisotopic (exact) mass is 375 g/mol. The number of nitrogens with one attached hydrogen (secondary N) is 2. The van der Waals surface area contributed by atoms with Gasteiger partial charge in [-0.15, -0.1) is 11.3 Å². The van der Waals surface area contributed by atoms with Crippen LogP contribution in [0.4, 0.5) is 0 Å². The molecule has 2 N–H and O–H groups in total. The molecule has 1 rings (SSSR count). The number of ether oxygens (including phenoxy) is 1. The molecule has 10 heteroatoms. The fourth-order valence-corrected chi connectivity index (χ4v) is 3.50. The molecule has 1 aromatic rings. The highest BCUT2D eigenvalue weighted by Crippen LogP contribution is 2.16. The minimum absolute atomic E-state index is 0.402. The molecule has 0 bridgehead atoms. The Bertz CT molecular complexity index is 522. The molecule has 0 spiro atoms. The lowest BCUT2D eigenvalue weighted by atomic mass is 10.5. The van der Waals surface area contributed by atoms with Gasteiger partial charge in [0.05, 0.1) is 17.2 Å². The minimum atomic E-state index is -0.475. The van der Waals surface area contributed by atoms with Crippen LogP contribution < -0.4 is 10.6 Å². The first kappa shape index (κ1) is 20.7. The lowest BCUT2D eigenvalue weighted by Gasteiger charge is -2.10. The summed E-state index contributed by atoms with van der Waals surface area (Å²) in [6, 6.07) is 0. The van der Waals surface area contributed by atoms with Crippen LogP contribution in [0.1, 0.15) is 10.7 Å². The average Bonchev–Trinajstić information content (AvgIpc) is 2.93. The number of hydrogen-bond acceptors (Lipinski definition) is 9. The number of nitro groups is 1. The second kappa shape index (κ2) is 12.1. The molecule has 0 saturated heterocycles. The number of aromatic nitrogens is 1. The molecule has 0 unspecified atom stereocenters. The summed E-state index contributed by atoms with van der Waals surface area (Å²) in [4.78, 5) is 16.8. The summed E-state index contributed by atoms with van der Waals surface area (Å²) in [5.41, 5.74) is 1.08. The maximum atomic E-state index is 10.6. The molecule has 24 heavy (non-hydrogen) atoms. The van der Waals surface area contributed by atoms with Crippen LogP contribution in [-0.2, 0) is 17.0 Å². The maximum absolute atomic E-state index is 10.6. The number of hydrogen-bond donors (Lipinski definition) is 2. The summed E-state index contributed by atoms with van der Waals surface area (Å²) in [5.74, 6) is 2.08. The summed E-state index contributed by atoms with van der Waals surface area (Å²) in [7, 11) is 5.64. The van der Waals surface area contributed by atoms with Crippen molar-refractivity contribution < 1.29 is 9.66 Å². The normalized spacial score (nSPS) is 11.8. The van der Waals surface area contributed by atoms with Crippen molar-refractivity contribution in [2.24, 2.45) is 0 Å². The van der Waals surface area contributed by atoms with Gasteiger partial charge in [0.15, 0.2) is 5.82 Å². The summed E-state index contributed by atoms with van der Waals surface area (Å²) in [6.07, 6.45) is 0.939. The van der Waals surface area contributed by atoms with Gasteiger partial charge in [0.1, 0.15) is 5.01 Å². The van der Waals surface area contributed by atoms with Gasteiger partial charge in [0, 0.05) is 43.6 Å². The fourth-order valence-electron chi connectivity index (χ4n) is 1.74. The molecule has 0 aliphatic rings. The maximum Gasteiger partial charge on any atom is 0.274 e. The lowest BCUT2D eigenvalue weighted by molar-refractivity contribution is -0.404. The molecule has 0 fully saturated rings. The zero-order valence-corrected chi connectivity index (χ0v) is 15.9. The van der Waals surface area contributed by atoms with E-state index < -0.39 is 4.92 Å². The lowest BCUT2D eigenvalue weighted by Crippen LogP contribution is -2.31. The highest BCUT2D eigenvalue weighted by molar-refractivity contribution is 7.98. The van der Waals surface area contributed by atoms with Gasteiger partial charge in [0.2, 0.25) is 0 Å². The largest absolute Gasteiger partial charge is 0.383 e. The fraction of sp³-hybridized carbons (Fsp3) is 0.643. The van der Waals surface area contributed by atoms with E-state index in [1.807, 2.05) is 14.1 Å². The molecule has 1 heterocycles. The van der Waals surface area contributed by atoms with Crippen LogP contribution in [0.15, 0.2) is 17.4 Å². The second-order valence-electron chi connectivity index (χ2n) is 5.20. The Morgan fingerprint density at radius 3 is 2.92 bits per heavy atom. The van der Waals surface area contributed by atoms with Crippen molar-refractivity contribution in [3.8, 4) is 0 Å². The first-order chi connectivity index (χ1) is 11.5. The topological polar surface area (TPSA) is 92.6 Å². The Hall–Kier alpha value is -1.36. The zero-order chi connectivity index (χ0) is 17.8. The highest BCUT2D eigenvalue weighted by atomic mass is 32.2. The van der Waals surface area contributed by atoms with E-state index in [2.05, 4.69) is 25.9 Å². The molecule has 0 aliphatic heterocycles. The first-order valence-electron chi connectivity index (χ1n) is 7.49. The highest BCUT2D eigenvalue weighted by Gasteiger charge is 2.04. The number of rotatable bonds is 13. The average molecular weight is 376 g/mol. The Balaban J connectivity index is 2.25. The van der Waals surface area contributed by atoms with Gasteiger partial charge in [-0.05, 0) is 14.1 Å². The molecular weight excluding hydrogens is 350 g/mol. The third-order valence-electron chi connectivity index (χ3n) is 2.72. The van der Waals surface area contributed by atoms with E-state index >= 15 is 0 Å². The van der Waals surface area contributed by atoms with Crippen LogP contribution >= 0.6 is 23.1 Å². The number of thioether (sulfide) groups is 1. The van der Waals surface area contributed by atoms with Gasteiger partial charge in [-0.2, -0.15) is 11.8 Å². The third-order valence-corrected chi connectivity index (χ3v) is 4.59. The molecule has 1 aromatic heterocycles. The predicted molar refractivity (Wildman–Crippen MR) is 98.6 cm³/mol. The molecule has 0 aliphatic carbocycles. The van der Waals surface area contributed by atoms with Gasteiger partial charge in [-0.1, -0.05) is 0 Å². The zero-order valence-electron chi connectivity index (χ0n) is 14.3. The SMILES string of the molecule is COCCNC(=C[N+](=O)[O-])NCCSCc1csc(CN(C)C)n1. The van der Waals surface area contributed by atoms with E-state index in [1.165, 1.54) is 0 Å². The van der Waals surface area contributed by atoms with Crippen LogP contribution in [0.5, 0.6) is 0 Å². The quantitative estimate of drug-likeness (QED) is 0.303. The van der Waals surface area contributed by atoms with Crippen molar-refractivity contribution in [2.75, 3.05) is 46.7 Å². The van der Waals surface area contributed by atoms with E-state index in [1.54, 1.807) is 30.2 Å². The number of methoxy groups -OCH3 is 1. The van der Waals surface area contributed by atoms with Crippen LogP contribution in [0.2, 0.25) is 0 Å². The molecular formula is C14H25N5O3S2. The van der Waals surface area contributed by atoms with Gasteiger partial charge in [0.25, 0.3) is 6.20 Å². The molecule has 0 saturated carbocycles. The van der Waals surface area contributed by atoms with E-state index in [0.29, 0.717) is 25.5 Å². The number of nitrogens with zero attached hydrogens (tertiary/aromatic N) is 3. The van der Waals surface area contributed by atoms with Gasteiger partial charge < -0.3 is 20.3 Å². The molecule has 0 amide bonds. The molecule has 8 nitrogen and oxygen atoms in total. The summed E-state index contributed by atoms with van der Waals surface area (Å²) in [5, 5.41) is 19.8. The second-order valence-corrected chi connectivity index (χ2v) is 7.25. The first-order valence-corrected chi connectivity index (χ1v) is 9.52. The Morgan fingerprint density at radius 2 is 2.25 bits per heavy atom. The van der Waals surface area contributed by atoms with Crippen molar-refractivity contribution in [1.29, 1.82) is 0 Å². The van der Waals surface area contributed by atoms with E-state index in [0.717, 1.165) is 35.0 Å². The molecule has 0 aromatic carbocycles. The Labute approximate surface area is 150 Å². The van der Waals surface area contributed by atoms with Crippen molar-refractivity contribution in [1.82, 2.24) is 20.5 Å². The van der Waals surface area contributed by atoms with E-state index in [-0.39, 0.29) is 0 Å². The smallest absolute Gasteiger partial charge is 0.274 e. The minimum Gasteiger partial charge on any atom is -0.383 e. The van der Waals surface area contributed by atoms with Crippen LogP contribution in [0.3, 0.4) is 0 Å². The van der Waals surface area contributed by atoms with Crippen LogP contribution in [-0.4, -0.2) is 61.5 Å². The third kappa shape index (κ3) is 9.71. The van der Waals surface area contributed by atoms with Crippen molar-refractivity contribution in [3.63, 3.8) is 0 Å². The van der Waals surface area contributed by atoms with Crippen molar-refractivity contribution >= 4 is 23.1 Å². The predicted octanol–water partition coefficient (Wildman–Crippen LogP) is 1.34. The summed E-state index contributed by atoms with van der Waals surface area (Å²) in [6.45, 7) is 2.51. The summed E-state index contributed by atoms with van der Waals surface area (Å²) < 4.78 is 4.91. The van der Waals surface area contributed by atoms with Crippen molar-refractivity contribution in [2.45, 2.75) is 12.3 Å². The van der Waals surface area contributed by atoms with Crippen molar-refractivity contribution in [3.05, 3.63) is 38.2 Å². The van der Waals surface area contributed by atoms with Crippen LogP contribution in [0, 0.1) is 10.1 Å². The summed E-state index contributed by atoms with van der Waals surface area (Å²) >= 11 is 3.42. The molecule has 0 radical (unpaired) electrons. The van der Waals surface area contributed by atoms with Gasteiger partial charge in [-0.25, -0.2) is 4.98 Å². The van der Waals surface area contributed by atoms with Gasteiger partial charge in [-0.3, -0.25) is 10.1 Å². The van der Waals surface area contributed by atoms with E-state index in [4.69, 9.17) is 4.74 Å². The molecule has 136 valence electrons. The van der Waals surface area contributed by atoms with Crippen LogP contribution in [0.25, 0.3) is 0 Å². The number of thiazole rings is 1. The standard InChI is InChI=1S/C14H25N5O3S2/c1-18(2)9-14-17-12(11-24-14)10-23-7-5-16-13(8-19(20)21)15-4-6-22-3/h8,11,15-16H,4-7,9-10H2,1-3H3. The molecule has 0 atom stereocenters.